The van der Waals surface area contributed by atoms with Gasteiger partial charge in [0.1, 0.15) is 12.4 Å². The Morgan fingerprint density at radius 1 is 1.67 bits per heavy atom. The molecule has 0 bridgehead atoms. The number of nitrogens with zero attached hydrogens (tertiary/aromatic N) is 2. The third-order valence-electron chi connectivity index (χ3n) is 0.718. The summed E-state index contributed by atoms with van der Waals surface area (Å²) in [6.07, 6.45) is 9.74. The van der Waals surface area contributed by atoms with Crippen molar-refractivity contribution >= 4 is 0 Å². The van der Waals surface area contributed by atoms with Crippen LogP contribution >= 0.6 is 0 Å². The van der Waals surface area contributed by atoms with Crippen LogP contribution in [0.3, 0.4) is 0 Å². The van der Waals surface area contributed by atoms with Crippen molar-refractivity contribution in [3.63, 3.8) is 0 Å². The molecule has 1 rings (SSSR count). The first-order valence-corrected chi connectivity index (χ1v) is 2.32. The molecular formula is C6H4N2O. The minimum absolute atomic E-state index is 0.396. The molecule has 0 radical (unpaired) electrons. The van der Waals surface area contributed by atoms with Crippen LogP contribution in [-0.4, -0.2) is 9.97 Å². The van der Waals surface area contributed by atoms with E-state index in [-0.39, 0.29) is 0 Å². The lowest BCUT2D eigenvalue weighted by molar-refractivity contribution is 0.497. The Morgan fingerprint density at radius 2 is 2.56 bits per heavy atom. The molecule has 1 aromatic heterocycles. The van der Waals surface area contributed by atoms with Gasteiger partial charge in [-0.05, 0) is 0 Å². The lowest BCUT2D eigenvalue weighted by Gasteiger charge is -1.89. The van der Waals surface area contributed by atoms with Gasteiger partial charge < -0.3 is 4.74 Å². The average molecular weight is 120 g/mol. The summed E-state index contributed by atoms with van der Waals surface area (Å²) in [5.41, 5.74) is 0. The third-order valence-corrected chi connectivity index (χ3v) is 0.718. The molecule has 9 heavy (non-hydrogen) atoms. The highest BCUT2D eigenvalue weighted by Crippen LogP contribution is 1.98. The Kier molecular flexibility index (Phi) is 1.66. The van der Waals surface area contributed by atoms with Crippen molar-refractivity contribution in [3.05, 3.63) is 18.6 Å². The monoisotopic (exact) mass is 120 g/mol. The van der Waals surface area contributed by atoms with Crippen LogP contribution in [0.1, 0.15) is 0 Å². The summed E-state index contributed by atoms with van der Waals surface area (Å²) >= 11 is 0. The molecule has 0 atom stereocenters. The SMILES string of the molecule is C#COc1ccncn1. The number of rotatable bonds is 1. The fourth-order valence-corrected chi connectivity index (χ4v) is 0.399. The molecule has 3 heteroatoms. The number of ether oxygens (including phenoxy) is 1. The van der Waals surface area contributed by atoms with Gasteiger partial charge in [-0.15, -0.1) is 0 Å². The predicted octanol–water partition coefficient (Wildman–Crippen LogP) is 0.446. The molecule has 0 aliphatic rings. The number of hydrogen-bond acceptors (Lipinski definition) is 3. The zero-order valence-electron chi connectivity index (χ0n) is 4.61. The number of hydrogen-bond donors (Lipinski definition) is 0. The molecule has 0 spiro atoms. The number of aromatic nitrogens is 2. The molecule has 0 aliphatic carbocycles. The lowest BCUT2D eigenvalue weighted by atomic mass is 10.6. The van der Waals surface area contributed by atoms with E-state index < -0.39 is 0 Å². The Balaban J connectivity index is 2.76. The van der Waals surface area contributed by atoms with Crippen molar-refractivity contribution in [1.82, 2.24) is 9.97 Å². The van der Waals surface area contributed by atoms with Gasteiger partial charge in [0.15, 0.2) is 0 Å². The van der Waals surface area contributed by atoms with Gasteiger partial charge in [-0.3, -0.25) is 0 Å². The minimum Gasteiger partial charge on any atom is -0.388 e. The van der Waals surface area contributed by atoms with Crippen molar-refractivity contribution in [1.29, 1.82) is 0 Å². The zero-order chi connectivity index (χ0) is 6.53. The van der Waals surface area contributed by atoms with Crippen molar-refractivity contribution < 1.29 is 4.74 Å². The second-order valence-electron chi connectivity index (χ2n) is 1.27. The van der Waals surface area contributed by atoms with Crippen molar-refractivity contribution in [2.24, 2.45) is 0 Å². The highest BCUT2D eigenvalue weighted by molar-refractivity contribution is 5.07. The standard InChI is InChI=1S/C6H4N2O/c1-2-9-6-3-4-7-5-8-6/h1,3-5H. The Hall–Kier alpha value is -1.56. The van der Waals surface area contributed by atoms with Crippen LogP contribution in [-0.2, 0) is 0 Å². The van der Waals surface area contributed by atoms with Gasteiger partial charge in [-0.25, -0.2) is 9.97 Å². The van der Waals surface area contributed by atoms with Crippen LogP contribution in [0.15, 0.2) is 18.6 Å². The fraction of sp³-hybridized carbons (Fsp3) is 0. The average Bonchev–Trinajstić information content (AvgIpc) is 1.91. The molecule has 0 aliphatic heterocycles. The van der Waals surface area contributed by atoms with Crippen LogP contribution in [0, 0.1) is 12.5 Å². The van der Waals surface area contributed by atoms with E-state index in [1.807, 2.05) is 6.11 Å². The molecule has 0 N–H and O–H groups in total. The second kappa shape index (κ2) is 2.68. The van der Waals surface area contributed by atoms with E-state index in [2.05, 4.69) is 14.7 Å². The van der Waals surface area contributed by atoms with Crippen LogP contribution in [0.4, 0.5) is 0 Å². The van der Waals surface area contributed by atoms with Crippen molar-refractivity contribution in [3.8, 4) is 18.4 Å². The summed E-state index contributed by atoms with van der Waals surface area (Å²) in [5, 5.41) is 0. The zero-order valence-corrected chi connectivity index (χ0v) is 4.61. The summed E-state index contributed by atoms with van der Waals surface area (Å²) in [7, 11) is 0. The fourth-order valence-electron chi connectivity index (χ4n) is 0.399. The van der Waals surface area contributed by atoms with E-state index in [1.54, 1.807) is 12.3 Å². The number of terminal acetylenes is 1. The van der Waals surface area contributed by atoms with E-state index in [4.69, 9.17) is 6.42 Å². The summed E-state index contributed by atoms with van der Waals surface area (Å²) in [5.74, 6) is 0.396. The highest BCUT2D eigenvalue weighted by Gasteiger charge is 1.85. The maximum atomic E-state index is 4.83. The van der Waals surface area contributed by atoms with Gasteiger partial charge in [0.05, 0.1) is 0 Å². The quantitative estimate of drug-likeness (QED) is 0.504. The Morgan fingerprint density at radius 3 is 3.11 bits per heavy atom. The van der Waals surface area contributed by atoms with Crippen LogP contribution in [0.25, 0.3) is 0 Å². The van der Waals surface area contributed by atoms with E-state index in [1.165, 1.54) is 6.33 Å². The maximum absolute atomic E-state index is 4.83. The highest BCUT2D eigenvalue weighted by atomic mass is 16.5. The maximum Gasteiger partial charge on any atom is 0.233 e. The van der Waals surface area contributed by atoms with Gasteiger partial charge in [-0.2, -0.15) is 0 Å². The summed E-state index contributed by atoms with van der Waals surface area (Å²) in [4.78, 5) is 7.36. The molecule has 0 saturated carbocycles. The van der Waals surface area contributed by atoms with Gasteiger partial charge in [0.2, 0.25) is 5.88 Å². The molecule has 1 heterocycles. The molecule has 3 nitrogen and oxygen atoms in total. The minimum atomic E-state index is 0.396. The van der Waals surface area contributed by atoms with E-state index in [9.17, 15) is 0 Å². The normalized spacial score (nSPS) is 7.89. The molecule has 44 valence electrons. The Labute approximate surface area is 52.7 Å². The summed E-state index contributed by atoms with van der Waals surface area (Å²) in [6.45, 7) is 0. The molecule has 0 fully saturated rings. The van der Waals surface area contributed by atoms with Crippen LogP contribution in [0.2, 0.25) is 0 Å². The molecule has 0 unspecified atom stereocenters. The van der Waals surface area contributed by atoms with Crippen LogP contribution < -0.4 is 4.74 Å². The van der Waals surface area contributed by atoms with Gasteiger partial charge >= 0.3 is 0 Å². The van der Waals surface area contributed by atoms with Gasteiger partial charge in [0.25, 0.3) is 0 Å². The molecular weight excluding hydrogens is 116 g/mol. The molecule has 0 saturated heterocycles. The first kappa shape index (κ1) is 5.57. The topological polar surface area (TPSA) is 35.0 Å². The summed E-state index contributed by atoms with van der Waals surface area (Å²) < 4.78 is 4.58. The van der Waals surface area contributed by atoms with Crippen molar-refractivity contribution in [2.75, 3.05) is 0 Å². The van der Waals surface area contributed by atoms with Gasteiger partial charge in [-0.1, -0.05) is 6.42 Å². The Bertz CT molecular complexity index is 214. The first-order valence-electron chi connectivity index (χ1n) is 2.32. The van der Waals surface area contributed by atoms with Crippen molar-refractivity contribution in [2.45, 2.75) is 0 Å². The third kappa shape index (κ3) is 1.42. The molecule has 0 amide bonds. The molecule has 1 aromatic rings. The smallest absolute Gasteiger partial charge is 0.233 e. The molecule has 0 aromatic carbocycles. The first-order chi connectivity index (χ1) is 4.43. The van der Waals surface area contributed by atoms with E-state index >= 15 is 0 Å². The second-order valence-corrected chi connectivity index (χ2v) is 1.27. The summed E-state index contributed by atoms with van der Waals surface area (Å²) in [6, 6.07) is 1.58. The van der Waals surface area contributed by atoms with Crippen LogP contribution in [0.5, 0.6) is 5.88 Å². The van der Waals surface area contributed by atoms with E-state index in [0.29, 0.717) is 5.88 Å². The van der Waals surface area contributed by atoms with Gasteiger partial charge in [0, 0.05) is 12.3 Å². The lowest BCUT2D eigenvalue weighted by Crippen LogP contribution is -1.84. The predicted molar refractivity (Wildman–Crippen MR) is 31.5 cm³/mol. The largest absolute Gasteiger partial charge is 0.388 e. The van der Waals surface area contributed by atoms with E-state index in [0.717, 1.165) is 0 Å².